The van der Waals surface area contributed by atoms with Gasteiger partial charge in [0.05, 0.1) is 11.9 Å². The summed E-state index contributed by atoms with van der Waals surface area (Å²) in [4.78, 5) is 0. The number of hydrogen-bond acceptors (Lipinski definition) is 4. The molecular weight excluding hydrogens is 250 g/mol. The molecule has 0 spiro atoms. The fourth-order valence-corrected chi connectivity index (χ4v) is 3.03. The molecule has 0 aromatic rings. The van der Waals surface area contributed by atoms with Crippen LogP contribution in [0.25, 0.3) is 0 Å². The van der Waals surface area contributed by atoms with Gasteiger partial charge in [-0.25, -0.2) is 8.42 Å². The Bertz CT molecular complexity index is 310. The molecule has 0 aromatic carbocycles. The molecule has 1 saturated heterocycles. The van der Waals surface area contributed by atoms with Crippen molar-refractivity contribution in [2.75, 3.05) is 25.2 Å². The molecule has 1 fully saturated rings. The van der Waals surface area contributed by atoms with Gasteiger partial charge in [0.25, 0.3) is 0 Å². The van der Waals surface area contributed by atoms with Crippen LogP contribution >= 0.6 is 0 Å². The monoisotopic (exact) mass is 277 g/mol. The van der Waals surface area contributed by atoms with Crippen LogP contribution in [0.3, 0.4) is 0 Å². The molecule has 0 bridgehead atoms. The van der Waals surface area contributed by atoms with Gasteiger partial charge in [0.2, 0.25) is 0 Å². The van der Waals surface area contributed by atoms with E-state index >= 15 is 0 Å². The Balaban J connectivity index is 2.38. The molecule has 0 amide bonds. The predicted molar refractivity (Wildman–Crippen MR) is 74.6 cm³/mol. The first-order valence-electron chi connectivity index (χ1n) is 7.04. The van der Waals surface area contributed by atoms with Crippen molar-refractivity contribution in [1.29, 1.82) is 0 Å². The van der Waals surface area contributed by atoms with Crippen LogP contribution in [0.1, 0.15) is 45.4 Å². The van der Waals surface area contributed by atoms with Gasteiger partial charge in [-0.05, 0) is 45.1 Å². The van der Waals surface area contributed by atoms with Crippen LogP contribution in [0.5, 0.6) is 0 Å². The smallest absolute Gasteiger partial charge is 0.147 e. The quantitative estimate of drug-likeness (QED) is 0.734. The number of hydrogen-bond donors (Lipinski definition) is 1. The van der Waals surface area contributed by atoms with Gasteiger partial charge >= 0.3 is 0 Å². The van der Waals surface area contributed by atoms with Crippen molar-refractivity contribution in [3.63, 3.8) is 0 Å². The maximum atomic E-state index is 11.2. The third kappa shape index (κ3) is 7.34. The summed E-state index contributed by atoms with van der Waals surface area (Å²) in [6.07, 6.45) is 7.83. The van der Waals surface area contributed by atoms with Gasteiger partial charge in [-0.15, -0.1) is 0 Å². The van der Waals surface area contributed by atoms with Crippen molar-refractivity contribution < 1.29 is 13.2 Å². The summed E-state index contributed by atoms with van der Waals surface area (Å²) in [5.74, 6) is 0.265. The van der Waals surface area contributed by atoms with Crippen molar-refractivity contribution in [3.05, 3.63) is 0 Å². The Kier molecular flexibility index (Phi) is 7.19. The summed E-state index contributed by atoms with van der Waals surface area (Å²) in [7, 11) is -2.87. The van der Waals surface area contributed by atoms with Crippen molar-refractivity contribution in [3.8, 4) is 0 Å². The first-order valence-corrected chi connectivity index (χ1v) is 9.10. The van der Waals surface area contributed by atoms with E-state index in [0.717, 1.165) is 38.8 Å². The third-order valence-electron chi connectivity index (χ3n) is 3.34. The van der Waals surface area contributed by atoms with Crippen LogP contribution in [0, 0.1) is 0 Å². The Morgan fingerprint density at radius 3 is 2.72 bits per heavy atom. The largest absolute Gasteiger partial charge is 0.378 e. The highest BCUT2D eigenvalue weighted by molar-refractivity contribution is 7.90. The van der Waals surface area contributed by atoms with Crippen molar-refractivity contribution in [1.82, 2.24) is 5.32 Å². The number of nitrogens with one attached hydrogen (secondary N) is 1. The molecule has 1 aliphatic heterocycles. The zero-order chi connectivity index (χ0) is 13.4. The molecule has 1 heterocycles. The molecule has 4 nitrogen and oxygen atoms in total. The summed E-state index contributed by atoms with van der Waals surface area (Å²) in [5.41, 5.74) is 0. The average molecular weight is 277 g/mol. The third-order valence-corrected chi connectivity index (χ3v) is 4.32. The lowest BCUT2D eigenvalue weighted by atomic mass is 10.0. The van der Waals surface area contributed by atoms with E-state index in [1.54, 1.807) is 0 Å². The summed E-state index contributed by atoms with van der Waals surface area (Å²) >= 11 is 0. The SMILES string of the molecule is CCCNC(CCS(C)(=O)=O)CC1CCCCO1. The normalized spacial score (nSPS) is 22.9. The van der Waals surface area contributed by atoms with Crippen LogP contribution in [0.15, 0.2) is 0 Å². The number of ether oxygens (including phenoxy) is 1. The summed E-state index contributed by atoms with van der Waals surface area (Å²) in [6.45, 7) is 3.93. The van der Waals surface area contributed by atoms with Crippen LogP contribution in [-0.4, -0.2) is 45.7 Å². The summed E-state index contributed by atoms with van der Waals surface area (Å²) < 4.78 is 28.2. The lowest BCUT2D eigenvalue weighted by molar-refractivity contribution is 0.00506. The molecule has 1 rings (SSSR count). The molecule has 1 aliphatic rings. The van der Waals surface area contributed by atoms with Gasteiger partial charge in [0, 0.05) is 18.9 Å². The van der Waals surface area contributed by atoms with Crippen molar-refractivity contribution >= 4 is 9.84 Å². The highest BCUT2D eigenvalue weighted by atomic mass is 32.2. The van der Waals surface area contributed by atoms with E-state index in [1.165, 1.54) is 12.7 Å². The summed E-state index contributed by atoms with van der Waals surface area (Å²) in [6, 6.07) is 0.266. The molecule has 0 radical (unpaired) electrons. The van der Waals surface area contributed by atoms with E-state index in [4.69, 9.17) is 4.74 Å². The van der Waals surface area contributed by atoms with Gasteiger partial charge in [-0.2, -0.15) is 0 Å². The van der Waals surface area contributed by atoms with E-state index in [9.17, 15) is 8.42 Å². The second kappa shape index (κ2) is 8.12. The van der Waals surface area contributed by atoms with Crippen molar-refractivity contribution in [2.24, 2.45) is 0 Å². The summed E-state index contributed by atoms with van der Waals surface area (Å²) in [5, 5.41) is 3.44. The molecule has 5 heteroatoms. The van der Waals surface area contributed by atoms with Gasteiger partial charge in [0.1, 0.15) is 9.84 Å². The van der Waals surface area contributed by atoms with E-state index in [1.807, 2.05) is 0 Å². The Labute approximate surface area is 111 Å². The fourth-order valence-electron chi connectivity index (χ4n) is 2.32. The first-order chi connectivity index (χ1) is 8.51. The molecule has 1 N–H and O–H groups in total. The Morgan fingerprint density at radius 1 is 1.39 bits per heavy atom. The number of rotatable bonds is 8. The maximum absolute atomic E-state index is 11.2. The lowest BCUT2D eigenvalue weighted by Crippen LogP contribution is -2.36. The minimum Gasteiger partial charge on any atom is -0.378 e. The minimum absolute atomic E-state index is 0.265. The minimum atomic E-state index is -2.87. The molecule has 2 unspecified atom stereocenters. The van der Waals surface area contributed by atoms with Crippen LogP contribution in [-0.2, 0) is 14.6 Å². The zero-order valence-electron chi connectivity index (χ0n) is 11.7. The van der Waals surface area contributed by atoms with Crippen LogP contribution < -0.4 is 5.32 Å². The average Bonchev–Trinajstić information content (AvgIpc) is 2.33. The fraction of sp³-hybridized carbons (Fsp3) is 1.00. The van der Waals surface area contributed by atoms with Gasteiger partial charge < -0.3 is 10.1 Å². The molecule has 0 aromatic heterocycles. The van der Waals surface area contributed by atoms with E-state index < -0.39 is 9.84 Å². The van der Waals surface area contributed by atoms with Crippen LogP contribution in [0.2, 0.25) is 0 Å². The topological polar surface area (TPSA) is 55.4 Å². The predicted octanol–water partition coefficient (Wildman–Crippen LogP) is 1.75. The van der Waals surface area contributed by atoms with Crippen molar-refractivity contribution in [2.45, 2.75) is 57.6 Å². The Morgan fingerprint density at radius 2 is 2.17 bits per heavy atom. The standard InChI is InChI=1S/C13H27NO3S/c1-3-8-14-12(7-10-18(2,15)16)11-13-6-4-5-9-17-13/h12-14H,3-11H2,1-2H3. The Hall–Kier alpha value is -0.130. The lowest BCUT2D eigenvalue weighted by Gasteiger charge is -2.27. The molecule has 108 valence electrons. The zero-order valence-corrected chi connectivity index (χ0v) is 12.5. The molecular formula is C13H27NO3S. The second-order valence-corrected chi connectivity index (χ2v) is 7.55. The number of sulfone groups is 1. The van der Waals surface area contributed by atoms with Gasteiger partial charge in [-0.3, -0.25) is 0 Å². The van der Waals surface area contributed by atoms with E-state index in [-0.39, 0.29) is 11.8 Å². The highest BCUT2D eigenvalue weighted by Crippen LogP contribution is 2.18. The first kappa shape index (κ1) is 15.9. The molecule has 18 heavy (non-hydrogen) atoms. The molecule has 2 atom stereocenters. The van der Waals surface area contributed by atoms with Gasteiger partial charge in [-0.1, -0.05) is 6.92 Å². The molecule has 0 aliphatic carbocycles. The second-order valence-electron chi connectivity index (χ2n) is 5.29. The molecule has 0 saturated carbocycles. The van der Waals surface area contributed by atoms with Gasteiger partial charge in [0.15, 0.2) is 0 Å². The van der Waals surface area contributed by atoms with E-state index in [0.29, 0.717) is 12.5 Å². The highest BCUT2D eigenvalue weighted by Gasteiger charge is 2.20. The maximum Gasteiger partial charge on any atom is 0.147 e. The van der Waals surface area contributed by atoms with Crippen LogP contribution in [0.4, 0.5) is 0 Å². The van der Waals surface area contributed by atoms with E-state index in [2.05, 4.69) is 12.2 Å².